The fraction of sp³-hybridized carbons (Fsp3) is 0.689. The third kappa shape index (κ3) is 34.0. The quantitative estimate of drug-likeness (QED) is 0.00504. The number of aliphatic hydroxyl groups is 8. The minimum Gasteiger partial charge on any atom is -0.481 e. The summed E-state index contributed by atoms with van der Waals surface area (Å²) in [6, 6.07) is 18.8. The number of aliphatic hydroxyl groups excluding tert-OH is 6. The average molecular weight is 2070 g/mol. The lowest BCUT2D eigenvalue weighted by atomic mass is 9.47. The first-order chi connectivity index (χ1) is 68.8. The van der Waals surface area contributed by atoms with Crippen molar-refractivity contribution in [1.29, 1.82) is 0 Å². The average Bonchev–Trinajstić information content (AvgIpc) is 1.54. The van der Waals surface area contributed by atoms with E-state index in [-0.39, 0.29) is 172 Å². The van der Waals surface area contributed by atoms with Gasteiger partial charge >= 0.3 is 36.0 Å². The molecule has 39 nitrogen and oxygen atoms in total. The predicted molar refractivity (Wildman–Crippen MR) is 537 cm³/mol. The number of likely N-dealkylation sites (N-methyl/N-ethyl adjacent to an activating group) is 1. The third-order valence-electron chi connectivity index (χ3n) is 27.8. The molecule has 6 aliphatic rings. The van der Waals surface area contributed by atoms with Crippen LogP contribution in [0, 0.1) is 18.3 Å². The van der Waals surface area contributed by atoms with Crippen LogP contribution in [-0.2, 0) is 122 Å². The Morgan fingerprint density at radius 3 is 1.69 bits per heavy atom. The van der Waals surface area contributed by atoms with Gasteiger partial charge in [-0.2, -0.15) is 9.59 Å². The number of hydrogen-bond donors (Lipinski definition) is 13. The Morgan fingerprint density at radius 1 is 0.618 bits per heavy atom. The van der Waals surface area contributed by atoms with E-state index in [0.29, 0.717) is 75.3 Å². The molecule has 1 saturated carbocycles. The van der Waals surface area contributed by atoms with E-state index in [1.165, 1.54) is 57.6 Å². The molecule has 20 atom stereocenters. The maximum Gasteiger partial charge on any atom is 0.373 e. The second-order valence-corrected chi connectivity index (χ2v) is 40.1. The van der Waals surface area contributed by atoms with Gasteiger partial charge in [0, 0.05) is 156 Å². The number of aryl methyl sites for hydroxylation is 1. The molecule has 3 amide bonds. The summed E-state index contributed by atoms with van der Waals surface area (Å²) in [6.45, 7) is 23.1. The Bertz CT molecular complexity index is 4690. The van der Waals surface area contributed by atoms with Crippen LogP contribution in [0.5, 0.6) is 0 Å². The number of aromatic amines is 1. The lowest BCUT2D eigenvalue weighted by molar-refractivity contribution is -0.202. The highest BCUT2D eigenvalue weighted by molar-refractivity contribution is 8.76. The molecule has 4 aromatic rings. The first kappa shape index (κ1) is 124. The maximum absolute atomic E-state index is 15.2. The van der Waals surface area contributed by atoms with Crippen molar-refractivity contribution < 1.29 is 156 Å². The van der Waals surface area contributed by atoms with Gasteiger partial charge in [-0.25, -0.2) is 4.79 Å². The van der Waals surface area contributed by atoms with Crippen LogP contribution in [0.15, 0.2) is 72.8 Å². The van der Waals surface area contributed by atoms with Crippen LogP contribution in [0.1, 0.15) is 233 Å². The molecule has 3 fully saturated rings. The zero-order chi connectivity index (χ0) is 107. The lowest BCUT2D eigenvalue weighted by Crippen LogP contribution is -2.80. The number of Topliss-reactive ketones (excluding diaryl/α,β-unsaturated/α-hetero) is 1. The maximum atomic E-state index is 15.2. The van der Waals surface area contributed by atoms with E-state index >= 15 is 4.79 Å². The summed E-state index contributed by atoms with van der Waals surface area (Å²) in [6.07, 6.45) is 7.42. The fourth-order valence-corrected chi connectivity index (χ4v) is 21.9. The number of carbonyl (C=O) groups excluding carboxylic acids is 10. The van der Waals surface area contributed by atoms with Gasteiger partial charge in [-0.15, -0.1) is 0 Å². The molecule has 2 saturated heterocycles. The minimum atomic E-state index is -2.17. The van der Waals surface area contributed by atoms with E-state index in [4.69, 9.17) is 92.0 Å². The Morgan fingerprint density at radius 2 is 1.17 bits per heavy atom. The summed E-state index contributed by atoms with van der Waals surface area (Å²) in [5.41, 5.74) is 4.64. The molecule has 0 radical (unpaired) electrons. The van der Waals surface area contributed by atoms with Crippen LogP contribution < -0.4 is 20.9 Å². The summed E-state index contributed by atoms with van der Waals surface area (Å²) in [5.74, 6) is -4.60. The number of carboxylic acids is 1. The van der Waals surface area contributed by atoms with Crippen molar-refractivity contribution in [3.8, 4) is 0 Å². The van der Waals surface area contributed by atoms with Crippen LogP contribution in [0.4, 0.5) is 5.69 Å². The van der Waals surface area contributed by atoms with E-state index in [2.05, 4.69) is 119 Å². The van der Waals surface area contributed by atoms with E-state index in [1.807, 2.05) is 53.1 Å². The van der Waals surface area contributed by atoms with Crippen LogP contribution in [-0.4, -0.2) is 352 Å². The standard InChI is InChI=1S/C61H87N5O12.C23H36N2O7S2.C11H20O7.C7H16O4.CO2/c1-9-41(35-67)78-51(75-8)36-77-50(70)22-16-21-49(69)62-39(5)53(71)76-29-15-14-20-48(68)61(74)55-60(25-28-66-26-17-24-59(11-3,54(60)66)56(61)72)45-31-44(38(4)30-47(45)64(55)7)57(6)32-40-33-58(73,10-2)37-65(34-40)27-23-43-42-18-12-13-19-46(42)63-52(43)57;1-5-19(14-26)32-22(30-3)15-31-21(28)11-10-20(27)24-12-13-25-23(29)18-8-6-17(7-9-18)16(2)34-33-4;1-3-8(6-12)18-11(16-2)7-17-10(15)5-4-9(13)14;1-3-6(4-8)11-7(5-9)10-2;2-1-3/h12-13,17-19,24,30-31,39-41,51,54-56,63,67,72-74H,9-11,14-16,20-23,25-29,32-37H2,1-8H3,(H,62,69);6-9,16,19,22,26H,5,10-15H2,1-4H3,(H,24,27)(H,25,29);8,11-12H,3-7H2,1-2H3,(H,13,14);6-9H,3-5H2,1-2H3;/t39?,40-,41?,51?,54?,55?,56+,57+,58?,59+,60+,61-;;;;/m0..../s1. The summed E-state index contributed by atoms with van der Waals surface area (Å²) in [7, 11) is 11.1. The summed E-state index contributed by atoms with van der Waals surface area (Å²) in [5, 5.41) is 101. The Labute approximate surface area is 853 Å². The number of benzene rings is 3. The number of ether oxygens (including phenoxy) is 12. The normalized spacial score (nSPS) is 23.7. The lowest BCUT2D eigenvalue weighted by Gasteiger charge is -2.63. The number of ketones is 1. The summed E-state index contributed by atoms with van der Waals surface area (Å²) >= 11 is 0. The van der Waals surface area contributed by atoms with Crippen LogP contribution in [0.3, 0.4) is 0 Å². The number of carboxylic acid groups (broad SMARTS) is 1. The molecule has 144 heavy (non-hydrogen) atoms. The van der Waals surface area contributed by atoms with E-state index < -0.39 is 125 Å². The second-order valence-electron chi connectivity index (χ2n) is 37.3. The molecular formula is C103H159N7O32S2. The fourth-order valence-electron chi connectivity index (χ4n) is 20.1. The number of methoxy groups -OCH3 is 4. The SMILES string of the molecule is CCC(CO)OC(CO)OC.CCC(CO)OC(COC(=O)CCC(=O)NCCNC(=O)c1ccc(C(C)SSC)cc1)OC.CCC(CO)OC(COC(=O)CCC(=O)O)OC.CCC(CO)OC(COC(=O)CCCC(=O)NC(C)C(=O)OCCCCC(=O)[C@]1(O)C2N(C)c3cc(C)c([C@@]4(C)C[C@@H]5CN(CCc6c4[nH]c4ccccc64)CC(O)(CC)C5)cc3[C@@]23CCN2CC=C[C@](CC)(C23)[C@H]1O)OC.O=C=O. The Hall–Kier alpha value is -8.47. The number of aromatic nitrogens is 1. The molecule has 2 bridgehead atoms. The molecule has 3 aromatic carbocycles. The summed E-state index contributed by atoms with van der Waals surface area (Å²) < 4.78 is 62.0. The first-order valence-electron chi connectivity index (χ1n) is 49.9. The molecule has 1 aromatic heterocycles. The largest absolute Gasteiger partial charge is 0.481 e. The van der Waals surface area contributed by atoms with Crippen molar-refractivity contribution in [2.45, 2.75) is 299 Å². The van der Waals surface area contributed by atoms with Gasteiger partial charge in [0.05, 0.1) is 95.0 Å². The number of piperidine rings is 1. The zero-order valence-corrected chi connectivity index (χ0v) is 88.2. The second kappa shape index (κ2) is 62.1. The van der Waals surface area contributed by atoms with E-state index in [9.17, 15) is 58.8 Å². The number of aliphatic carboxylic acids is 1. The molecule has 14 unspecified atom stereocenters. The summed E-state index contributed by atoms with van der Waals surface area (Å²) in [4.78, 5) is 138. The molecule has 10 rings (SSSR count). The van der Waals surface area contributed by atoms with Gasteiger partial charge in [0.25, 0.3) is 5.91 Å². The van der Waals surface area contributed by atoms with E-state index in [1.54, 1.807) is 33.7 Å². The number of carbonyl (C=O) groups is 9. The van der Waals surface area contributed by atoms with Crippen LogP contribution in [0.2, 0.25) is 0 Å². The van der Waals surface area contributed by atoms with E-state index in [0.717, 1.165) is 66.8 Å². The van der Waals surface area contributed by atoms with Crippen LogP contribution in [0.25, 0.3) is 10.9 Å². The van der Waals surface area contributed by atoms with Gasteiger partial charge in [0.15, 0.2) is 36.5 Å². The Balaban J connectivity index is 0.000000391. The van der Waals surface area contributed by atoms with Crippen molar-refractivity contribution in [3.05, 3.63) is 112 Å². The highest BCUT2D eigenvalue weighted by atomic mass is 33.1. The van der Waals surface area contributed by atoms with Crippen molar-refractivity contribution >= 4 is 97.7 Å². The number of rotatable bonds is 55. The van der Waals surface area contributed by atoms with Gasteiger partial charge in [0.1, 0.15) is 32.0 Å². The number of para-hydroxylation sites is 1. The molecular weight excluding hydrogens is 1910 g/mol. The number of H-pyrrole nitrogens is 1. The molecule has 6 heterocycles. The molecule has 5 aliphatic heterocycles. The first-order valence-corrected chi connectivity index (χ1v) is 52.5. The van der Waals surface area contributed by atoms with Crippen LogP contribution >= 0.6 is 21.6 Å². The number of unbranched alkanes of at least 4 members (excludes halogenated alkanes) is 1. The zero-order valence-electron chi connectivity index (χ0n) is 86.5. The minimum absolute atomic E-state index is 0.0183. The van der Waals surface area contributed by atoms with Crippen molar-refractivity contribution in [3.63, 3.8) is 0 Å². The van der Waals surface area contributed by atoms with Gasteiger partial charge < -0.3 is 129 Å². The Kier molecular flexibility index (Phi) is 53.6. The number of fused-ring (bicyclic) bond motifs is 6. The number of esters is 4. The molecule has 13 N–H and O–H groups in total. The van der Waals surface area contributed by atoms with Crippen molar-refractivity contribution in [2.24, 2.45) is 11.3 Å². The highest BCUT2D eigenvalue weighted by Gasteiger charge is 2.78. The van der Waals surface area contributed by atoms with Crippen molar-refractivity contribution in [1.82, 2.24) is 30.7 Å². The van der Waals surface area contributed by atoms with Gasteiger partial charge in [-0.05, 0) is 182 Å². The van der Waals surface area contributed by atoms with Gasteiger partial charge in [-0.1, -0.05) is 112 Å². The third-order valence-corrected chi connectivity index (χ3v) is 30.0. The predicted octanol–water partition coefficient (Wildman–Crippen LogP) is 7.65. The number of amides is 3. The van der Waals surface area contributed by atoms with Crippen molar-refractivity contribution in [2.75, 3.05) is 152 Å². The monoisotopic (exact) mass is 2070 g/mol. The molecule has 41 heteroatoms. The molecule has 1 aliphatic carbocycles. The highest BCUT2D eigenvalue weighted by Crippen LogP contribution is 2.68. The number of nitrogens with zero attached hydrogens (tertiary/aromatic N) is 3. The smallest absolute Gasteiger partial charge is 0.373 e. The van der Waals surface area contributed by atoms with Gasteiger partial charge in [0.2, 0.25) is 11.8 Å². The topological polar surface area (TPSA) is 542 Å². The molecule has 810 valence electrons. The number of hydrogen-bond acceptors (Lipinski definition) is 36. The molecule has 1 spiro atoms. The number of anilines is 1. The van der Waals surface area contributed by atoms with Gasteiger partial charge in [-0.3, -0.25) is 48.2 Å². The number of nitrogens with one attached hydrogen (secondary N) is 4.